The summed E-state index contributed by atoms with van der Waals surface area (Å²) in [4.78, 5) is 40.7. The van der Waals surface area contributed by atoms with Gasteiger partial charge in [-0.25, -0.2) is 4.98 Å². The minimum atomic E-state index is -0.648. The average molecular weight is 371 g/mol. The number of carbonyl (C=O) groups is 2. The van der Waals surface area contributed by atoms with Crippen molar-refractivity contribution in [2.45, 2.75) is 6.92 Å². The Hall–Kier alpha value is -3.26. The first-order chi connectivity index (χ1) is 12.8. The molecular weight excluding hydrogens is 350 g/mol. The van der Waals surface area contributed by atoms with Crippen molar-refractivity contribution in [2.75, 3.05) is 20.3 Å². The molecule has 2 rings (SSSR count). The maximum Gasteiger partial charge on any atom is 0.269 e. The first kappa shape index (κ1) is 20.1. The van der Waals surface area contributed by atoms with Gasteiger partial charge in [0.05, 0.1) is 12.3 Å². The molecule has 0 atom stereocenters. The molecule has 0 spiro atoms. The molecule has 0 aliphatic carbocycles. The zero-order valence-electron chi connectivity index (χ0n) is 15.4. The molecule has 2 N–H and O–H groups in total. The lowest BCUT2D eigenvalue weighted by Gasteiger charge is -2.07. The number of aromatic hydroxyl groups is 1. The van der Waals surface area contributed by atoms with Crippen LogP contribution in [0.5, 0.6) is 5.75 Å². The molecule has 0 aliphatic rings. The third-order valence-electron chi connectivity index (χ3n) is 3.90. The van der Waals surface area contributed by atoms with Crippen molar-refractivity contribution in [2.24, 2.45) is 7.05 Å². The van der Waals surface area contributed by atoms with Crippen LogP contribution in [0.3, 0.4) is 0 Å². The van der Waals surface area contributed by atoms with Gasteiger partial charge in [-0.15, -0.1) is 0 Å². The lowest BCUT2D eigenvalue weighted by Crippen LogP contribution is -2.27. The molecule has 2 aromatic heterocycles. The normalized spacial score (nSPS) is 10.9. The Labute approximate surface area is 156 Å². The molecule has 2 aromatic rings. The van der Waals surface area contributed by atoms with Crippen molar-refractivity contribution in [1.82, 2.24) is 14.9 Å². The molecule has 0 aliphatic heterocycles. The van der Waals surface area contributed by atoms with E-state index < -0.39 is 11.3 Å². The van der Waals surface area contributed by atoms with Gasteiger partial charge in [-0.3, -0.25) is 14.4 Å². The van der Waals surface area contributed by atoms with Crippen LogP contribution in [0.4, 0.5) is 0 Å². The number of rotatable bonds is 7. The Kier molecular flexibility index (Phi) is 6.62. The molecule has 0 aromatic carbocycles. The fraction of sp³-hybridized carbons (Fsp3) is 0.263. The zero-order valence-corrected chi connectivity index (χ0v) is 15.4. The molecule has 0 radical (unpaired) electrons. The molecule has 8 nitrogen and oxygen atoms in total. The number of allylic oxidation sites excluding steroid dienone is 1. The van der Waals surface area contributed by atoms with Crippen LogP contribution in [-0.4, -0.2) is 46.6 Å². The minimum absolute atomic E-state index is 0.190. The maximum atomic E-state index is 12.3. The van der Waals surface area contributed by atoms with Gasteiger partial charge in [-0.1, -0.05) is 6.07 Å². The molecular formula is C19H21N3O5. The van der Waals surface area contributed by atoms with E-state index in [4.69, 9.17) is 4.74 Å². The number of ketones is 1. The topological polar surface area (TPSA) is 111 Å². The van der Waals surface area contributed by atoms with Crippen LogP contribution >= 0.6 is 0 Å². The summed E-state index contributed by atoms with van der Waals surface area (Å²) < 4.78 is 6.14. The lowest BCUT2D eigenvalue weighted by molar-refractivity contribution is 0.0931. The van der Waals surface area contributed by atoms with Gasteiger partial charge in [0.25, 0.3) is 11.5 Å². The summed E-state index contributed by atoms with van der Waals surface area (Å²) in [6.45, 7) is 2.39. The summed E-state index contributed by atoms with van der Waals surface area (Å²) in [7, 11) is 3.05. The summed E-state index contributed by atoms with van der Waals surface area (Å²) in [5.41, 5.74) is 0.196. The minimum Gasteiger partial charge on any atom is -0.507 e. The summed E-state index contributed by atoms with van der Waals surface area (Å²) in [6, 6.07) is 6.14. The van der Waals surface area contributed by atoms with E-state index in [1.165, 1.54) is 30.9 Å². The van der Waals surface area contributed by atoms with Crippen molar-refractivity contribution in [1.29, 1.82) is 0 Å². The highest BCUT2D eigenvalue weighted by Gasteiger charge is 2.16. The third kappa shape index (κ3) is 4.89. The molecule has 0 saturated heterocycles. The Balaban J connectivity index is 2.20. The summed E-state index contributed by atoms with van der Waals surface area (Å²) in [5.74, 6) is -1.38. The maximum absolute atomic E-state index is 12.3. The predicted molar refractivity (Wildman–Crippen MR) is 99.9 cm³/mol. The second-order valence-corrected chi connectivity index (χ2v) is 5.80. The first-order valence-corrected chi connectivity index (χ1v) is 8.21. The predicted octanol–water partition coefficient (Wildman–Crippen LogP) is 1.07. The Bertz CT molecular complexity index is 947. The molecule has 0 unspecified atom stereocenters. The number of methoxy groups -OCH3 is 1. The Morgan fingerprint density at radius 2 is 2.11 bits per heavy atom. The van der Waals surface area contributed by atoms with Crippen molar-refractivity contribution in [3.8, 4) is 5.75 Å². The van der Waals surface area contributed by atoms with Crippen molar-refractivity contribution >= 4 is 17.8 Å². The van der Waals surface area contributed by atoms with Gasteiger partial charge in [0.2, 0.25) is 0 Å². The van der Waals surface area contributed by atoms with E-state index >= 15 is 0 Å². The number of aryl methyl sites for hydroxylation is 1. The van der Waals surface area contributed by atoms with Gasteiger partial charge >= 0.3 is 0 Å². The zero-order chi connectivity index (χ0) is 20.0. The average Bonchev–Trinajstić information content (AvgIpc) is 2.65. The van der Waals surface area contributed by atoms with Crippen LogP contribution in [0, 0.1) is 6.92 Å². The van der Waals surface area contributed by atoms with E-state index in [1.54, 1.807) is 25.1 Å². The molecule has 8 heteroatoms. The van der Waals surface area contributed by atoms with Crippen molar-refractivity contribution in [3.05, 3.63) is 63.3 Å². The van der Waals surface area contributed by atoms with E-state index in [2.05, 4.69) is 10.3 Å². The molecule has 27 heavy (non-hydrogen) atoms. The number of carbonyl (C=O) groups excluding carboxylic acids is 2. The number of hydrogen-bond donors (Lipinski definition) is 2. The van der Waals surface area contributed by atoms with Gasteiger partial charge in [0.15, 0.2) is 5.78 Å². The number of nitrogens with zero attached hydrogens (tertiary/aromatic N) is 2. The van der Waals surface area contributed by atoms with Gasteiger partial charge in [0.1, 0.15) is 17.0 Å². The number of aromatic nitrogens is 2. The number of ether oxygens (including phenoxy) is 1. The van der Waals surface area contributed by atoms with Gasteiger partial charge in [-0.2, -0.15) is 0 Å². The first-order valence-electron chi connectivity index (χ1n) is 8.21. The number of pyridine rings is 2. The highest BCUT2D eigenvalue weighted by atomic mass is 16.5. The molecule has 0 fully saturated rings. The molecule has 0 saturated carbocycles. The summed E-state index contributed by atoms with van der Waals surface area (Å²) in [5, 5.41) is 12.6. The largest absolute Gasteiger partial charge is 0.507 e. The third-order valence-corrected chi connectivity index (χ3v) is 3.90. The molecule has 142 valence electrons. The monoisotopic (exact) mass is 371 g/mol. The van der Waals surface area contributed by atoms with E-state index in [0.717, 1.165) is 6.08 Å². The Morgan fingerprint density at radius 1 is 1.37 bits per heavy atom. The molecule has 2 heterocycles. The van der Waals surface area contributed by atoms with Crippen molar-refractivity contribution in [3.63, 3.8) is 0 Å². The quantitative estimate of drug-likeness (QED) is 0.428. The second kappa shape index (κ2) is 8.91. The highest BCUT2D eigenvalue weighted by molar-refractivity contribution is 6.08. The smallest absolute Gasteiger partial charge is 0.269 e. The van der Waals surface area contributed by atoms with E-state index in [-0.39, 0.29) is 22.9 Å². The number of amides is 1. The van der Waals surface area contributed by atoms with Crippen LogP contribution in [0.25, 0.3) is 6.08 Å². The van der Waals surface area contributed by atoms with Crippen LogP contribution < -0.4 is 10.9 Å². The fourth-order valence-electron chi connectivity index (χ4n) is 2.31. The van der Waals surface area contributed by atoms with Crippen LogP contribution in [0.1, 0.15) is 32.2 Å². The Morgan fingerprint density at radius 3 is 2.81 bits per heavy atom. The lowest BCUT2D eigenvalue weighted by atomic mass is 10.1. The molecule has 0 bridgehead atoms. The highest BCUT2D eigenvalue weighted by Crippen LogP contribution is 2.15. The van der Waals surface area contributed by atoms with Gasteiger partial charge in [-0.05, 0) is 31.2 Å². The second-order valence-electron chi connectivity index (χ2n) is 5.80. The van der Waals surface area contributed by atoms with Gasteiger partial charge < -0.3 is 19.7 Å². The van der Waals surface area contributed by atoms with E-state index in [1.807, 2.05) is 0 Å². The van der Waals surface area contributed by atoms with E-state index in [9.17, 15) is 19.5 Å². The van der Waals surface area contributed by atoms with Crippen LogP contribution in [0.2, 0.25) is 0 Å². The summed E-state index contributed by atoms with van der Waals surface area (Å²) in [6.07, 6.45) is 2.52. The van der Waals surface area contributed by atoms with Crippen molar-refractivity contribution < 1.29 is 19.4 Å². The van der Waals surface area contributed by atoms with Crippen LogP contribution in [-0.2, 0) is 11.8 Å². The van der Waals surface area contributed by atoms with E-state index in [0.29, 0.717) is 24.5 Å². The molecule has 1 amide bonds. The summed E-state index contributed by atoms with van der Waals surface area (Å²) >= 11 is 0. The standard InChI is InChI=1S/C19H21N3O5/c1-12-11-16(24)17(19(26)22(12)2)15(23)8-7-13-5-4-6-14(21-13)18(25)20-9-10-27-3/h4-8,11,24H,9-10H2,1-3H3,(H,20,25). The fourth-order valence-corrected chi connectivity index (χ4v) is 2.31. The number of hydrogen-bond acceptors (Lipinski definition) is 6. The van der Waals surface area contributed by atoms with Crippen LogP contribution in [0.15, 0.2) is 35.1 Å². The SMILES string of the molecule is COCCNC(=O)c1cccc(C=CC(=O)c2c(O)cc(C)n(C)c2=O)n1. The van der Waals surface area contributed by atoms with Gasteiger partial charge in [0, 0.05) is 32.5 Å². The number of nitrogens with one attached hydrogen (secondary N) is 1.